The molecule has 0 aliphatic rings. The molecule has 2 aromatic rings. The quantitative estimate of drug-likeness (QED) is 0.167. The van der Waals surface area contributed by atoms with Crippen molar-refractivity contribution < 1.29 is 35.1 Å². The average Bonchev–Trinajstić information content (AvgIpc) is 2.59. The van der Waals surface area contributed by atoms with Gasteiger partial charge < -0.3 is 0 Å². The van der Waals surface area contributed by atoms with E-state index >= 15 is 0 Å². The van der Waals surface area contributed by atoms with E-state index in [0.717, 1.165) is 24.3 Å². The van der Waals surface area contributed by atoms with Gasteiger partial charge in [-0.2, -0.15) is 35.1 Å². The highest BCUT2D eigenvalue weighted by atomic mass is 79.9. The molecule has 0 amide bonds. The van der Waals surface area contributed by atoms with E-state index in [2.05, 4.69) is 47.8 Å². The predicted octanol–water partition coefficient (Wildman–Crippen LogP) is 8.11. The van der Waals surface area contributed by atoms with Crippen LogP contribution in [0.15, 0.2) is 59.6 Å². The van der Waals surface area contributed by atoms with E-state index in [1.807, 2.05) is 0 Å². The smallest absolute Gasteiger partial charge is 0.191 e. The molecule has 30 heavy (non-hydrogen) atoms. The van der Waals surface area contributed by atoms with Gasteiger partial charge in [0.05, 0.1) is 0 Å². The van der Waals surface area contributed by atoms with E-state index in [4.69, 9.17) is 7.85 Å². The largest absolute Gasteiger partial charge is 0.389 e. The number of rotatable bonds is 7. The second kappa shape index (κ2) is 9.15. The van der Waals surface area contributed by atoms with Gasteiger partial charge in [-0.1, -0.05) is 33.5 Å². The van der Waals surface area contributed by atoms with Crippen LogP contribution in [0.4, 0.5) is 35.1 Å². The van der Waals surface area contributed by atoms with E-state index in [-0.39, 0.29) is 14.4 Å². The highest BCUT2D eigenvalue weighted by molar-refractivity contribution is 9.11. The first-order valence-electron chi connectivity index (χ1n) is 7.41. The average molecular weight is 665 g/mol. The maximum absolute atomic E-state index is 14.2. The Morgan fingerprint density at radius 3 is 1.43 bits per heavy atom. The summed E-state index contributed by atoms with van der Waals surface area (Å²) in [7, 11) is 5.39. The lowest BCUT2D eigenvalue weighted by atomic mass is 9.97. The summed E-state index contributed by atoms with van der Waals surface area (Å²) < 4.78 is 114. The van der Waals surface area contributed by atoms with Gasteiger partial charge in [0, 0.05) is 23.2 Å². The van der Waals surface area contributed by atoms with E-state index in [1.165, 1.54) is 12.1 Å². The van der Waals surface area contributed by atoms with Crippen LogP contribution in [0, 0.1) is 0 Å². The van der Waals surface area contributed by atoms with Gasteiger partial charge in [0.15, 0.2) is 0 Å². The zero-order chi connectivity index (χ0) is 23.1. The molecule has 0 nitrogen and oxygen atoms in total. The normalized spacial score (nSPS) is 13.6. The zero-order valence-electron chi connectivity index (χ0n) is 14.0. The van der Waals surface area contributed by atoms with E-state index in [0.29, 0.717) is 4.47 Å². The van der Waals surface area contributed by atoms with Crippen LogP contribution in [0.5, 0.6) is 0 Å². The van der Waals surface area contributed by atoms with Crippen molar-refractivity contribution in [3.8, 4) is 0 Å². The first-order valence-corrected chi connectivity index (χ1v) is 11.4. The number of hydrogen-bond donors (Lipinski definition) is 0. The summed E-state index contributed by atoms with van der Waals surface area (Å²) in [6.07, 6.45) is 0. The third-order valence-corrected chi connectivity index (χ3v) is 7.96. The fraction of sp³-hybridized carbons (Fsp3) is 0.250. The summed E-state index contributed by atoms with van der Waals surface area (Å²) >= 11 is 6.69. The van der Waals surface area contributed by atoms with Gasteiger partial charge in [-0.15, -0.1) is 0 Å². The van der Waals surface area contributed by atoms with Crippen LogP contribution < -0.4 is 5.46 Å². The fourth-order valence-electron chi connectivity index (χ4n) is 1.93. The highest BCUT2D eigenvalue weighted by Crippen LogP contribution is 2.61. The minimum atomic E-state index is -6.41. The van der Waals surface area contributed by atoms with Crippen LogP contribution in [0.1, 0.15) is 0 Å². The van der Waals surface area contributed by atoms with Crippen LogP contribution >= 0.6 is 71.3 Å². The maximum Gasteiger partial charge on any atom is 0.389 e. The molecule has 0 fully saturated rings. The minimum Gasteiger partial charge on any atom is -0.191 e. The molecule has 0 bridgehead atoms. The van der Waals surface area contributed by atoms with Crippen LogP contribution in [-0.2, 0) is 0 Å². The molecule has 0 aromatic heterocycles. The second-order valence-electron chi connectivity index (χ2n) is 5.65. The Bertz CT molecular complexity index is 867. The van der Waals surface area contributed by atoms with Gasteiger partial charge in [0.1, 0.15) is 7.85 Å². The molecule has 2 rings (SSSR count). The number of halogens is 11. The Hall–Kier alpha value is 0.0849. The predicted molar refractivity (Wildman–Crippen MR) is 113 cm³/mol. The third kappa shape index (κ3) is 5.18. The van der Waals surface area contributed by atoms with Gasteiger partial charge in [-0.25, -0.2) is 0 Å². The summed E-state index contributed by atoms with van der Waals surface area (Å²) in [6.45, 7) is 0. The number of alkyl halides is 8. The van der Waals surface area contributed by atoms with Crippen molar-refractivity contribution in [1.29, 1.82) is 0 Å². The van der Waals surface area contributed by atoms with Crippen LogP contribution in [-0.4, -0.2) is 30.2 Å². The molecular formula is C16H6BBr3F8S2. The Labute approximate surface area is 200 Å². The lowest BCUT2D eigenvalue weighted by Crippen LogP contribution is -2.60. The molecule has 0 spiro atoms. The molecule has 2 radical (unpaired) electrons. The summed E-state index contributed by atoms with van der Waals surface area (Å²) in [5.74, 6) is -12.8. The first-order chi connectivity index (χ1) is 13.5. The van der Waals surface area contributed by atoms with Gasteiger partial charge in [0.25, 0.3) is 0 Å². The highest BCUT2D eigenvalue weighted by Gasteiger charge is 2.81. The van der Waals surface area contributed by atoms with Crippen molar-refractivity contribution in [2.45, 2.75) is 32.1 Å². The minimum absolute atomic E-state index is 0.0784. The van der Waals surface area contributed by atoms with Crippen molar-refractivity contribution >= 4 is 84.6 Å². The standard InChI is InChI=1S/C16H6BBr3F8S2/c17-7-1-3-11(9(19)5-7)29-15(25,26)13(21,22)14(23,24)16(27,28)30-12-4-2-8(18)6-10(12)20/h1-6H. The van der Waals surface area contributed by atoms with E-state index in [9.17, 15) is 35.1 Å². The van der Waals surface area contributed by atoms with Crippen molar-refractivity contribution in [1.82, 2.24) is 0 Å². The number of hydrogen-bond acceptors (Lipinski definition) is 2. The fourth-order valence-corrected chi connectivity index (χ4v) is 5.51. The lowest BCUT2D eigenvalue weighted by molar-refractivity contribution is -0.322. The monoisotopic (exact) mass is 662 g/mol. The number of benzene rings is 2. The third-order valence-electron chi connectivity index (χ3n) is 3.45. The van der Waals surface area contributed by atoms with Crippen molar-refractivity contribution in [2.24, 2.45) is 0 Å². The van der Waals surface area contributed by atoms with Crippen molar-refractivity contribution in [2.75, 3.05) is 0 Å². The Kier molecular flexibility index (Phi) is 8.03. The molecule has 0 unspecified atom stereocenters. The molecule has 14 heteroatoms. The Balaban J connectivity index is 2.38. The molecule has 0 heterocycles. The molecule has 0 saturated carbocycles. The number of thioether (sulfide) groups is 2. The second-order valence-corrected chi connectivity index (χ2v) is 10.6. The molecule has 0 atom stereocenters. The van der Waals surface area contributed by atoms with Crippen molar-refractivity contribution in [3.63, 3.8) is 0 Å². The van der Waals surface area contributed by atoms with Crippen molar-refractivity contribution in [3.05, 3.63) is 49.8 Å². The van der Waals surface area contributed by atoms with E-state index in [1.54, 1.807) is 0 Å². The maximum atomic E-state index is 14.2. The SMILES string of the molecule is [B]c1ccc(SC(F)(F)C(F)(F)C(F)(F)C(F)(F)Sc2ccc(Br)cc2Br)c(Br)c1. The topological polar surface area (TPSA) is 0 Å². The summed E-state index contributed by atoms with van der Waals surface area (Å²) in [5, 5.41) is -11.2. The zero-order valence-corrected chi connectivity index (χ0v) is 20.4. The molecule has 0 aliphatic heterocycles. The summed E-state index contributed by atoms with van der Waals surface area (Å²) in [4.78, 5) is -1.13. The van der Waals surface area contributed by atoms with Gasteiger partial charge in [-0.05, 0) is 79.6 Å². The summed E-state index contributed by atoms with van der Waals surface area (Å²) in [6, 6.07) is 6.36. The van der Waals surface area contributed by atoms with Crippen LogP contribution in [0.25, 0.3) is 0 Å². The van der Waals surface area contributed by atoms with Gasteiger partial charge >= 0.3 is 22.4 Å². The van der Waals surface area contributed by atoms with Gasteiger partial charge in [-0.3, -0.25) is 0 Å². The van der Waals surface area contributed by atoms with E-state index < -0.39 is 55.7 Å². The molecule has 0 saturated heterocycles. The Morgan fingerprint density at radius 2 is 1.03 bits per heavy atom. The summed E-state index contributed by atoms with van der Waals surface area (Å²) in [5.41, 5.74) is 0.0784. The Morgan fingerprint density at radius 1 is 0.633 bits per heavy atom. The molecule has 0 aliphatic carbocycles. The molecule has 0 N–H and O–H groups in total. The molecule has 162 valence electrons. The first kappa shape index (κ1) is 26.3. The molecular weight excluding hydrogens is 659 g/mol. The van der Waals surface area contributed by atoms with Crippen LogP contribution in [0.2, 0.25) is 0 Å². The van der Waals surface area contributed by atoms with Gasteiger partial charge in [0.2, 0.25) is 0 Å². The molecule has 2 aromatic carbocycles. The van der Waals surface area contributed by atoms with Crippen LogP contribution in [0.3, 0.4) is 0 Å². The lowest BCUT2D eigenvalue weighted by Gasteiger charge is -2.36.